The molecule has 0 bridgehead atoms. The van der Waals surface area contributed by atoms with Gasteiger partial charge in [0.05, 0.1) is 6.07 Å². The normalized spacial score (nSPS) is 12.8. The molecule has 0 aliphatic carbocycles. The third-order valence-electron chi connectivity index (χ3n) is 2.13. The van der Waals surface area contributed by atoms with Crippen LogP contribution in [-0.2, 0) is 14.6 Å². The molecule has 0 fully saturated rings. The van der Waals surface area contributed by atoms with Crippen molar-refractivity contribution in [3.8, 4) is 6.07 Å². The van der Waals surface area contributed by atoms with Gasteiger partial charge in [-0.15, -0.1) is 0 Å². The van der Waals surface area contributed by atoms with Crippen LogP contribution in [0.5, 0.6) is 0 Å². The van der Waals surface area contributed by atoms with Gasteiger partial charge in [0.1, 0.15) is 11.7 Å². The van der Waals surface area contributed by atoms with Crippen LogP contribution in [0.4, 0.5) is 0 Å². The molecule has 0 saturated heterocycles. The summed E-state index contributed by atoms with van der Waals surface area (Å²) in [6.07, 6.45) is 0.933. The summed E-state index contributed by atoms with van der Waals surface area (Å²) in [5.74, 6) is -2.60. The van der Waals surface area contributed by atoms with E-state index in [9.17, 15) is 13.2 Å². The fourth-order valence-electron chi connectivity index (χ4n) is 1.39. The quantitative estimate of drug-likeness (QED) is 0.854. The molecule has 96 valence electrons. The summed E-state index contributed by atoms with van der Waals surface area (Å²) in [6, 6.07) is 6.09. The van der Waals surface area contributed by atoms with Crippen molar-refractivity contribution in [2.24, 2.45) is 0 Å². The third-order valence-corrected chi connectivity index (χ3v) is 3.50. The smallest absolute Gasteiger partial charge is 0.169 e. The fourth-order valence-corrected chi connectivity index (χ4v) is 2.59. The Balaban J connectivity index is 3.12. The van der Waals surface area contributed by atoms with Crippen LogP contribution in [0.15, 0.2) is 18.2 Å². The standard InChI is InChI=1S/C11H9Cl2NO3S/c1-18(16,17)6-11(15)9(5-14)8-3-2-7(12)4-10(8)13/h2-4,9H,6H2,1H3. The van der Waals surface area contributed by atoms with Crippen molar-refractivity contribution in [2.45, 2.75) is 5.92 Å². The largest absolute Gasteiger partial charge is 0.297 e. The monoisotopic (exact) mass is 305 g/mol. The molecule has 0 aromatic heterocycles. The van der Waals surface area contributed by atoms with Crippen LogP contribution in [0, 0.1) is 11.3 Å². The summed E-state index contributed by atoms with van der Waals surface area (Å²) in [5, 5.41) is 9.52. The molecule has 1 aromatic carbocycles. The van der Waals surface area contributed by atoms with Crippen molar-refractivity contribution < 1.29 is 13.2 Å². The molecule has 0 heterocycles. The van der Waals surface area contributed by atoms with Crippen LogP contribution in [0.25, 0.3) is 0 Å². The molecular weight excluding hydrogens is 297 g/mol. The fraction of sp³-hybridized carbons (Fsp3) is 0.273. The van der Waals surface area contributed by atoms with Gasteiger partial charge in [0, 0.05) is 16.3 Å². The van der Waals surface area contributed by atoms with Gasteiger partial charge in [0.15, 0.2) is 15.6 Å². The van der Waals surface area contributed by atoms with Crippen molar-refractivity contribution >= 4 is 38.8 Å². The van der Waals surface area contributed by atoms with Gasteiger partial charge in [-0.25, -0.2) is 8.42 Å². The number of carbonyl (C=O) groups is 1. The highest BCUT2D eigenvalue weighted by molar-refractivity contribution is 7.91. The maximum absolute atomic E-state index is 11.7. The van der Waals surface area contributed by atoms with E-state index < -0.39 is 27.3 Å². The maximum Gasteiger partial charge on any atom is 0.169 e. The molecule has 0 aliphatic heterocycles. The lowest BCUT2D eigenvalue weighted by atomic mass is 9.97. The van der Waals surface area contributed by atoms with E-state index in [0.29, 0.717) is 5.02 Å². The number of nitriles is 1. The van der Waals surface area contributed by atoms with Gasteiger partial charge in [-0.2, -0.15) is 5.26 Å². The Morgan fingerprint density at radius 2 is 2.06 bits per heavy atom. The predicted molar refractivity (Wildman–Crippen MR) is 69.5 cm³/mol. The molecule has 0 amide bonds. The summed E-state index contributed by atoms with van der Waals surface area (Å²) >= 11 is 11.6. The molecule has 1 unspecified atom stereocenters. The Labute approximate surface area is 115 Å². The van der Waals surface area contributed by atoms with Crippen molar-refractivity contribution in [1.29, 1.82) is 5.26 Å². The average molecular weight is 306 g/mol. The first kappa shape index (κ1) is 15.0. The summed E-state index contributed by atoms with van der Waals surface area (Å²) in [7, 11) is -3.48. The second kappa shape index (κ2) is 5.70. The van der Waals surface area contributed by atoms with Crippen molar-refractivity contribution in [3.63, 3.8) is 0 Å². The molecule has 7 heteroatoms. The second-order valence-electron chi connectivity index (χ2n) is 3.76. The van der Waals surface area contributed by atoms with Crippen LogP contribution >= 0.6 is 23.2 Å². The number of halogens is 2. The van der Waals surface area contributed by atoms with Gasteiger partial charge in [-0.1, -0.05) is 29.3 Å². The topological polar surface area (TPSA) is 75.0 Å². The lowest BCUT2D eigenvalue weighted by Gasteiger charge is -2.10. The lowest BCUT2D eigenvalue weighted by molar-refractivity contribution is -0.116. The average Bonchev–Trinajstić information content (AvgIpc) is 2.19. The Kier molecular flexibility index (Phi) is 4.74. The first-order valence-corrected chi connectivity index (χ1v) is 7.61. The van der Waals surface area contributed by atoms with Crippen molar-refractivity contribution in [3.05, 3.63) is 33.8 Å². The van der Waals surface area contributed by atoms with E-state index >= 15 is 0 Å². The van der Waals surface area contributed by atoms with Crippen LogP contribution in [-0.4, -0.2) is 26.2 Å². The highest BCUT2D eigenvalue weighted by atomic mass is 35.5. The Bertz CT molecular complexity index is 620. The number of hydrogen-bond acceptors (Lipinski definition) is 4. The van der Waals surface area contributed by atoms with E-state index in [2.05, 4.69) is 0 Å². The predicted octanol–water partition coefficient (Wildman–Crippen LogP) is 2.21. The Morgan fingerprint density at radius 1 is 1.44 bits per heavy atom. The first-order chi connectivity index (χ1) is 8.24. The number of hydrogen-bond donors (Lipinski definition) is 0. The van der Waals surface area contributed by atoms with E-state index in [1.54, 1.807) is 6.07 Å². The highest BCUT2D eigenvalue weighted by Crippen LogP contribution is 2.28. The molecule has 1 aromatic rings. The molecule has 0 aliphatic rings. The number of ketones is 1. The molecular formula is C11H9Cl2NO3S. The number of Topliss-reactive ketones (excluding diaryl/α,β-unsaturated/α-hetero) is 1. The van der Waals surface area contributed by atoms with Crippen LogP contribution < -0.4 is 0 Å². The minimum absolute atomic E-state index is 0.163. The summed E-state index contributed by atoms with van der Waals surface area (Å²) < 4.78 is 22.1. The number of carbonyl (C=O) groups excluding carboxylic acids is 1. The van der Waals surface area contributed by atoms with E-state index in [-0.39, 0.29) is 10.6 Å². The molecule has 18 heavy (non-hydrogen) atoms. The molecule has 0 N–H and O–H groups in total. The van der Waals surface area contributed by atoms with E-state index in [1.165, 1.54) is 18.2 Å². The van der Waals surface area contributed by atoms with Crippen LogP contribution in [0.1, 0.15) is 11.5 Å². The number of sulfone groups is 1. The van der Waals surface area contributed by atoms with Crippen LogP contribution in [0.3, 0.4) is 0 Å². The molecule has 4 nitrogen and oxygen atoms in total. The second-order valence-corrected chi connectivity index (χ2v) is 6.75. The highest BCUT2D eigenvalue weighted by Gasteiger charge is 2.25. The third kappa shape index (κ3) is 3.98. The van der Waals surface area contributed by atoms with E-state index in [4.69, 9.17) is 28.5 Å². The molecule has 0 spiro atoms. The van der Waals surface area contributed by atoms with Gasteiger partial charge in [-0.05, 0) is 17.7 Å². The minimum Gasteiger partial charge on any atom is -0.297 e. The lowest BCUT2D eigenvalue weighted by Crippen LogP contribution is -2.21. The van der Waals surface area contributed by atoms with Gasteiger partial charge in [0.2, 0.25) is 0 Å². The zero-order chi connectivity index (χ0) is 13.9. The van der Waals surface area contributed by atoms with Crippen molar-refractivity contribution in [2.75, 3.05) is 12.0 Å². The number of nitrogens with zero attached hydrogens (tertiary/aromatic N) is 1. The summed E-state index contributed by atoms with van der Waals surface area (Å²) in [4.78, 5) is 11.7. The zero-order valence-corrected chi connectivity index (χ0v) is 11.7. The van der Waals surface area contributed by atoms with E-state index in [0.717, 1.165) is 6.26 Å². The van der Waals surface area contributed by atoms with E-state index in [1.807, 2.05) is 0 Å². The van der Waals surface area contributed by atoms with Gasteiger partial charge in [-0.3, -0.25) is 4.79 Å². The molecule has 1 atom stereocenters. The summed E-state index contributed by atoms with van der Waals surface area (Å²) in [5.41, 5.74) is 0.261. The number of rotatable bonds is 4. The van der Waals surface area contributed by atoms with Gasteiger partial charge in [0.25, 0.3) is 0 Å². The summed E-state index contributed by atoms with van der Waals surface area (Å²) in [6.45, 7) is 0. The zero-order valence-electron chi connectivity index (χ0n) is 9.35. The molecule has 1 rings (SSSR count). The van der Waals surface area contributed by atoms with Gasteiger partial charge < -0.3 is 0 Å². The minimum atomic E-state index is -3.48. The van der Waals surface area contributed by atoms with Gasteiger partial charge >= 0.3 is 0 Å². The Hall–Kier alpha value is -1.09. The molecule has 0 radical (unpaired) electrons. The maximum atomic E-state index is 11.7. The molecule has 0 saturated carbocycles. The SMILES string of the molecule is CS(=O)(=O)CC(=O)C(C#N)c1ccc(Cl)cc1Cl. The number of benzene rings is 1. The first-order valence-electron chi connectivity index (χ1n) is 4.79. The van der Waals surface area contributed by atoms with Crippen molar-refractivity contribution in [1.82, 2.24) is 0 Å². The van der Waals surface area contributed by atoms with Crippen LogP contribution in [0.2, 0.25) is 10.0 Å². The Morgan fingerprint density at radius 3 is 2.50 bits per heavy atom.